The van der Waals surface area contributed by atoms with E-state index in [2.05, 4.69) is 5.32 Å². The molecule has 0 aromatic heterocycles. The van der Waals surface area contributed by atoms with Gasteiger partial charge in [0.2, 0.25) is 0 Å². The minimum atomic E-state index is -0.765. The van der Waals surface area contributed by atoms with E-state index in [1.807, 2.05) is 13.8 Å². The average Bonchev–Trinajstić information content (AvgIpc) is 3.42. The Balaban J connectivity index is 1.61. The normalized spacial score (nSPS) is 22.2. The van der Waals surface area contributed by atoms with Gasteiger partial charge in [-0.15, -0.1) is 0 Å². The molecule has 9 nitrogen and oxygen atoms in total. The molecule has 1 saturated carbocycles. The topological polar surface area (TPSA) is 111 Å². The Labute approximate surface area is 156 Å². The lowest BCUT2D eigenvalue weighted by Crippen LogP contribution is -2.49. The van der Waals surface area contributed by atoms with E-state index >= 15 is 0 Å². The van der Waals surface area contributed by atoms with Gasteiger partial charge in [0, 0.05) is 25.2 Å². The van der Waals surface area contributed by atoms with Crippen molar-refractivity contribution in [3.8, 4) is 0 Å². The summed E-state index contributed by atoms with van der Waals surface area (Å²) in [4.78, 5) is 36.8. The molecule has 1 heterocycles. The zero-order chi connectivity index (χ0) is 19.6. The molecule has 1 amide bonds. The molecule has 2 atom stereocenters. The molecule has 9 heteroatoms. The molecule has 1 aromatic carbocycles. The first-order chi connectivity index (χ1) is 12.8. The highest BCUT2D eigenvalue weighted by Gasteiger charge is 2.28. The summed E-state index contributed by atoms with van der Waals surface area (Å²) in [5.74, 6) is -1.08. The van der Waals surface area contributed by atoms with Gasteiger partial charge in [0.15, 0.2) is 6.61 Å². The minimum absolute atomic E-state index is 0.0413. The van der Waals surface area contributed by atoms with Crippen molar-refractivity contribution in [3.63, 3.8) is 0 Å². The number of amides is 1. The van der Waals surface area contributed by atoms with Gasteiger partial charge in [-0.05, 0) is 38.8 Å². The van der Waals surface area contributed by atoms with Crippen molar-refractivity contribution in [2.24, 2.45) is 0 Å². The molecule has 2 fully saturated rings. The summed E-state index contributed by atoms with van der Waals surface area (Å²) < 4.78 is 10.6. The fourth-order valence-corrected chi connectivity index (χ4v) is 3.06. The monoisotopic (exact) mass is 377 g/mol. The van der Waals surface area contributed by atoms with E-state index in [-0.39, 0.29) is 35.4 Å². The fourth-order valence-electron chi connectivity index (χ4n) is 3.06. The fraction of sp³-hybridized carbons (Fsp3) is 0.556. The number of nitro benzene ring substituents is 1. The third-order valence-corrected chi connectivity index (χ3v) is 4.47. The van der Waals surface area contributed by atoms with Crippen LogP contribution in [0.2, 0.25) is 0 Å². The van der Waals surface area contributed by atoms with Gasteiger partial charge in [-0.2, -0.15) is 0 Å². The van der Waals surface area contributed by atoms with E-state index in [1.165, 1.54) is 18.2 Å². The molecule has 3 rings (SSSR count). The molecule has 0 spiro atoms. The van der Waals surface area contributed by atoms with E-state index in [0.29, 0.717) is 18.8 Å². The number of morpholine rings is 1. The first-order valence-corrected chi connectivity index (χ1v) is 8.99. The predicted molar refractivity (Wildman–Crippen MR) is 96.6 cm³/mol. The summed E-state index contributed by atoms with van der Waals surface area (Å²) in [6.45, 7) is 4.21. The van der Waals surface area contributed by atoms with Crippen LogP contribution in [0.15, 0.2) is 18.2 Å². The van der Waals surface area contributed by atoms with Crippen LogP contribution >= 0.6 is 0 Å². The van der Waals surface area contributed by atoms with Gasteiger partial charge >= 0.3 is 5.97 Å². The van der Waals surface area contributed by atoms with Crippen molar-refractivity contribution >= 4 is 23.3 Å². The van der Waals surface area contributed by atoms with Gasteiger partial charge in [0.1, 0.15) is 5.69 Å². The van der Waals surface area contributed by atoms with Gasteiger partial charge in [0.25, 0.3) is 11.6 Å². The highest BCUT2D eigenvalue weighted by molar-refractivity contribution is 5.93. The number of anilines is 1. The third-order valence-electron chi connectivity index (χ3n) is 4.47. The maximum absolute atomic E-state index is 12.3. The third kappa shape index (κ3) is 4.94. The van der Waals surface area contributed by atoms with E-state index in [4.69, 9.17) is 9.47 Å². The van der Waals surface area contributed by atoms with Gasteiger partial charge in [-0.25, -0.2) is 4.79 Å². The van der Waals surface area contributed by atoms with Crippen LogP contribution in [-0.2, 0) is 14.3 Å². The SMILES string of the molecule is C[C@H]1CN(C(=O)COC(=O)c2ccc(NC3CC3)c([N+](=O)[O-])c2)C[C@H](C)O1. The van der Waals surface area contributed by atoms with Crippen LogP contribution in [-0.4, -0.2) is 59.6 Å². The van der Waals surface area contributed by atoms with E-state index < -0.39 is 17.5 Å². The minimum Gasteiger partial charge on any atom is -0.452 e. The van der Waals surface area contributed by atoms with Gasteiger partial charge in [0.05, 0.1) is 22.7 Å². The van der Waals surface area contributed by atoms with Gasteiger partial charge < -0.3 is 19.7 Å². The van der Waals surface area contributed by atoms with Crippen LogP contribution in [0.4, 0.5) is 11.4 Å². The number of benzene rings is 1. The first-order valence-electron chi connectivity index (χ1n) is 8.99. The van der Waals surface area contributed by atoms with Crippen molar-refractivity contribution < 1.29 is 24.0 Å². The number of rotatable bonds is 6. The van der Waals surface area contributed by atoms with E-state index in [1.54, 1.807) is 4.90 Å². The van der Waals surface area contributed by atoms with Crippen LogP contribution in [0.1, 0.15) is 37.0 Å². The van der Waals surface area contributed by atoms with Crippen LogP contribution in [0.5, 0.6) is 0 Å². The number of carbonyl (C=O) groups is 2. The van der Waals surface area contributed by atoms with E-state index in [0.717, 1.165) is 12.8 Å². The standard InChI is InChI=1S/C18H23N3O6/c1-11-8-20(9-12(2)27-11)17(22)10-26-18(23)13-3-6-15(19-14-4-5-14)16(7-13)21(24)25/h3,6-7,11-12,14,19H,4-5,8-10H2,1-2H3/t11-,12-/m0/s1. The van der Waals surface area contributed by atoms with Crippen molar-refractivity contribution in [1.82, 2.24) is 4.90 Å². The second-order valence-corrected chi connectivity index (χ2v) is 7.04. The molecule has 0 radical (unpaired) electrons. The van der Waals surface area contributed by atoms with Gasteiger partial charge in [-0.1, -0.05) is 0 Å². The molecule has 0 bridgehead atoms. The Morgan fingerprint density at radius 2 is 1.96 bits per heavy atom. The zero-order valence-electron chi connectivity index (χ0n) is 15.3. The molecule has 1 aromatic rings. The molecule has 1 aliphatic heterocycles. The maximum Gasteiger partial charge on any atom is 0.338 e. The Morgan fingerprint density at radius 1 is 1.30 bits per heavy atom. The number of ether oxygens (including phenoxy) is 2. The first kappa shape index (κ1) is 19.1. The lowest BCUT2D eigenvalue weighted by molar-refractivity contribution is -0.384. The Morgan fingerprint density at radius 3 is 2.56 bits per heavy atom. The summed E-state index contributed by atoms with van der Waals surface area (Å²) in [5.41, 5.74) is 0.240. The number of nitrogens with zero attached hydrogens (tertiary/aromatic N) is 2. The highest BCUT2D eigenvalue weighted by Crippen LogP contribution is 2.31. The number of hydrogen-bond acceptors (Lipinski definition) is 7. The van der Waals surface area contributed by atoms with E-state index in [9.17, 15) is 19.7 Å². The Hall–Kier alpha value is -2.68. The average molecular weight is 377 g/mol. The molecule has 0 unspecified atom stereocenters. The highest BCUT2D eigenvalue weighted by atomic mass is 16.6. The molecule has 2 aliphatic rings. The van der Waals surface area contributed by atoms with Crippen LogP contribution in [0.25, 0.3) is 0 Å². The number of esters is 1. The lowest BCUT2D eigenvalue weighted by atomic mass is 10.1. The number of carbonyl (C=O) groups excluding carboxylic acids is 2. The Bertz CT molecular complexity index is 739. The predicted octanol–water partition coefficient (Wildman–Crippen LogP) is 1.96. The number of hydrogen-bond donors (Lipinski definition) is 1. The van der Waals surface area contributed by atoms with Crippen LogP contribution in [0.3, 0.4) is 0 Å². The maximum atomic E-state index is 12.3. The van der Waals surface area contributed by atoms with Gasteiger partial charge in [-0.3, -0.25) is 14.9 Å². The summed E-state index contributed by atoms with van der Waals surface area (Å²) >= 11 is 0. The largest absolute Gasteiger partial charge is 0.452 e. The zero-order valence-corrected chi connectivity index (χ0v) is 15.3. The molecular weight excluding hydrogens is 354 g/mol. The second-order valence-electron chi connectivity index (χ2n) is 7.04. The summed E-state index contributed by atoms with van der Waals surface area (Å²) in [5, 5.41) is 14.3. The molecule has 27 heavy (non-hydrogen) atoms. The van der Waals surface area contributed by atoms with Crippen molar-refractivity contribution in [2.45, 2.75) is 44.9 Å². The van der Waals surface area contributed by atoms with Crippen LogP contribution < -0.4 is 5.32 Å². The number of nitro groups is 1. The van der Waals surface area contributed by atoms with Crippen molar-refractivity contribution in [1.29, 1.82) is 0 Å². The number of nitrogens with one attached hydrogen (secondary N) is 1. The second kappa shape index (κ2) is 7.91. The van der Waals surface area contributed by atoms with Crippen molar-refractivity contribution in [3.05, 3.63) is 33.9 Å². The van der Waals surface area contributed by atoms with Crippen LogP contribution in [0, 0.1) is 10.1 Å². The smallest absolute Gasteiger partial charge is 0.338 e. The molecule has 146 valence electrons. The quantitative estimate of drug-likeness (QED) is 0.458. The lowest BCUT2D eigenvalue weighted by Gasteiger charge is -2.35. The summed E-state index contributed by atoms with van der Waals surface area (Å²) in [6, 6.07) is 4.39. The summed E-state index contributed by atoms with van der Waals surface area (Å²) in [6.07, 6.45) is 1.79. The summed E-state index contributed by atoms with van der Waals surface area (Å²) in [7, 11) is 0. The molecule has 1 aliphatic carbocycles. The molecular formula is C18H23N3O6. The van der Waals surface area contributed by atoms with Crippen molar-refractivity contribution in [2.75, 3.05) is 25.0 Å². The molecule has 1 N–H and O–H groups in total. The Kier molecular flexibility index (Phi) is 5.59. The molecule has 1 saturated heterocycles.